The molecule has 1 atom stereocenters. The number of methoxy groups -OCH3 is 1. The average molecular weight is 455 g/mol. The summed E-state index contributed by atoms with van der Waals surface area (Å²) in [6.45, 7) is 0.856. The zero-order valence-corrected chi connectivity index (χ0v) is 18.4. The number of benzene rings is 2. The number of rotatable bonds is 8. The number of likely N-dealkylation sites (tertiary alicyclic amines) is 1. The molecule has 0 aliphatic carbocycles. The van der Waals surface area contributed by atoms with Gasteiger partial charge in [0.15, 0.2) is 0 Å². The number of aromatic nitrogens is 2. The molecule has 0 saturated carbocycles. The van der Waals surface area contributed by atoms with E-state index in [9.17, 15) is 14.0 Å². The molecule has 0 bridgehead atoms. The van der Waals surface area contributed by atoms with E-state index in [1.54, 1.807) is 24.1 Å². The maximum Gasteiger partial charge on any atom is 0.231 e. The zero-order chi connectivity index (χ0) is 22.5. The van der Waals surface area contributed by atoms with Gasteiger partial charge in [0, 0.05) is 31.5 Å². The minimum atomic E-state index is -0.433. The van der Waals surface area contributed by atoms with Crippen molar-refractivity contribution in [2.24, 2.45) is 5.92 Å². The molecule has 166 valence electrons. The fourth-order valence-electron chi connectivity index (χ4n) is 3.67. The normalized spacial score (nSPS) is 15.8. The Hall–Kier alpha value is -3.33. The van der Waals surface area contributed by atoms with Crippen molar-refractivity contribution < 1.29 is 18.7 Å². The SMILES string of the molecule is COc1ccccc1Cc1nnc(NC(=O)C2CC(=O)N(CCc3ccc(F)cc3)C2)s1. The molecule has 2 aromatic carbocycles. The second kappa shape index (κ2) is 9.86. The van der Waals surface area contributed by atoms with Gasteiger partial charge in [0.05, 0.1) is 13.0 Å². The number of hydrogen-bond donors (Lipinski definition) is 1. The highest BCUT2D eigenvalue weighted by Gasteiger charge is 2.34. The molecule has 1 N–H and O–H groups in total. The van der Waals surface area contributed by atoms with Gasteiger partial charge in [-0.25, -0.2) is 4.39 Å². The predicted molar refractivity (Wildman–Crippen MR) is 119 cm³/mol. The minimum absolute atomic E-state index is 0.0543. The fourth-order valence-corrected chi connectivity index (χ4v) is 4.44. The number of para-hydroxylation sites is 1. The van der Waals surface area contributed by atoms with Gasteiger partial charge in [-0.3, -0.25) is 9.59 Å². The topological polar surface area (TPSA) is 84.4 Å². The number of carbonyl (C=O) groups is 2. The van der Waals surface area contributed by atoms with Gasteiger partial charge >= 0.3 is 0 Å². The molecule has 1 aromatic heterocycles. The van der Waals surface area contributed by atoms with Crippen LogP contribution in [0, 0.1) is 11.7 Å². The van der Waals surface area contributed by atoms with Crippen LogP contribution in [0.1, 0.15) is 22.6 Å². The van der Waals surface area contributed by atoms with E-state index in [1.807, 2.05) is 24.3 Å². The summed E-state index contributed by atoms with van der Waals surface area (Å²) in [5, 5.41) is 12.2. The summed E-state index contributed by atoms with van der Waals surface area (Å²) in [5.74, 6) is -0.231. The van der Waals surface area contributed by atoms with Crippen LogP contribution in [-0.4, -0.2) is 47.1 Å². The molecule has 0 spiro atoms. The molecule has 32 heavy (non-hydrogen) atoms. The van der Waals surface area contributed by atoms with Crippen molar-refractivity contribution in [3.8, 4) is 5.75 Å². The standard InChI is InChI=1S/C23H23FN4O3S/c1-31-19-5-3-2-4-16(19)12-20-26-27-23(32-20)25-22(30)17-13-21(29)28(14-17)11-10-15-6-8-18(24)9-7-15/h2-9,17H,10-14H2,1H3,(H,25,27,30). The molecule has 2 amide bonds. The van der Waals surface area contributed by atoms with Crippen molar-refractivity contribution in [1.29, 1.82) is 0 Å². The summed E-state index contributed by atoms with van der Waals surface area (Å²) >= 11 is 1.31. The number of nitrogens with one attached hydrogen (secondary N) is 1. The molecule has 3 aromatic rings. The van der Waals surface area contributed by atoms with E-state index in [4.69, 9.17) is 4.74 Å². The van der Waals surface area contributed by atoms with Crippen LogP contribution in [0.2, 0.25) is 0 Å². The Morgan fingerprint density at radius 1 is 1.22 bits per heavy atom. The van der Waals surface area contributed by atoms with E-state index >= 15 is 0 Å². The van der Waals surface area contributed by atoms with Crippen molar-refractivity contribution >= 4 is 28.3 Å². The third kappa shape index (κ3) is 5.28. The quantitative estimate of drug-likeness (QED) is 0.565. The highest BCUT2D eigenvalue weighted by molar-refractivity contribution is 7.15. The Balaban J connectivity index is 1.30. The van der Waals surface area contributed by atoms with Crippen molar-refractivity contribution in [2.75, 3.05) is 25.5 Å². The Labute approximate surface area is 189 Å². The summed E-state index contributed by atoms with van der Waals surface area (Å²) in [5.41, 5.74) is 1.94. The number of ether oxygens (including phenoxy) is 1. The number of anilines is 1. The molecule has 1 aliphatic rings. The van der Waals surface area contributed by atoms with Crippen LogP contribution in [0.15, 0.2) is 48.5 Å². The molecule has 4 rings (SSSR count). The largest absolute Gasteiger partial charge is 0.496 e. The van der Waals surface area contributed by atoms with Crippen molar-refractivity contribution in [3.63, 3.8) is 0 Å². The highest BCUT2D eigenvalue weighted by atomic mass is 32.1. The molecule has 1 saturated heterocycles. The molecule has 9 heteroatoms. The van der Waals surface area contributed by atoms with Gasteiger partial charge in [-0.05, 0) is 30.2 Å². The molecular weight excluding hydrogens is 431 g/mol. The van der Waals surface area contributed by atoms with Crippen LogP contribution in [0.5, 0.6) is 5.75 Å². The van der Waals surface area contributed by atoms with Crippen molar-refractivity contribution in [2.45, 2.75) is 19.3 Å². The van der Waals surface area contributed by atoms with Crippen molar-refractivity contribution in [3.05, 3.63) is 70.5 Å². The van der Waals surface area contributed by atoms with E-state index in [-0.39, 0.29) is 24.1 Å². The minimum Gasteiger partial charge on any atom is -0.496 e. The van der Waals surface area contributed by atoms with Crippen LogP contribution in [0.3, 0.4) is 0 Å². The maximum absolute atomic E-state index is 13.0. The van der Waals surface area contributed by atoms with E-state index in [2.05, 4.69) is 15.5 Å². The van der Waals surface area contributed by atoms with Crippen LogP contribution in [0.25, 0.3) is 0 Å². The number of amides is 2. The second-order valence-electron chi connectivity index (χ2n) is 7.60. The first kappa shape index (κ1) is 21.9. The van der Waals surface area contributed by atoms with Crippen LogP contribution >= 0.6 is 11.3 Å². The van der Waals surface area contributed by atoms with Gasteiger partial charge in [0.1, 0.15) is 16.6 Å². The summed E-state index contributed by atoms with van der Waals surface area (Å²) in [6, 6.07) is 13.9. The third-order valence-corrected chi connectivity index (χ3v) is 6.24. The summed E-state index contributed by atoms with van der Waals surface area (Å²) < 4.78 is 18.4. The van der Waals surface area contributed by atoms with Crippen molar-refractivity contribution in [1.82, 2.24) is 15.1 Å². The first-order chi connectivity index (χ1) is 15.5. The van der Waals surface area contributed by atoms with Crippen LogP contribution < -0.4 is 10.1 Å². The Kier molecular flexibility index (Phi) is 6.75. The molecule has 1 unspecified atom stereocenters. The van der Waals surface area contributed by atoms with Gasteiger partial charge in [0.25, 0.3) is 0 Å². The number of nitrogens with zero attached hydrogens (tertiary/aromatic N) is 3. The monoisotopic (exact) mass is 454 g/mol. The van der Waals surface area contributed by atoms with Gasteiger partial charge < -0.3 is 15.0 Å². The first-order valence-corrected chi connectivity index (χ1v) is 11.1. The molecule has 2 heterocycles. The number of carbonyl (C=O) groups excluding carboxylic acids is 2. The fraction of sp³-hybridized carbons (Fsp3) is 0.304. The number of hydrogen-bond acceptors (Lipinski definition) is 6. The van der Waals surface area contributed by atoms with Gasteiger partial charge in [-0.15, -0.1) is 10.2 Å². The zero-order valence-electron chi connectivity index (χ0n) is 17.6. The molecule has 0 radical (unpaired) electrons. The molecule has 7 nitrogen and oxygen atoms in total. The summed E-state index contributed by atoms with van der Waals surface area (Å²) in [4.78, 5) is 26.7. The lowest BCUT2D eigenvalue weighted by Gasteiger charge is -2.16. The average Bonchev–Trinajstić information content (AvgIpc) is 3.39. The molecule has 1 fully saturated rings. The molecule has 1 aliphatic heterocycles. The lowest BCUT2D eigenvalue weighted by atomic mass is 10.1. The summed E-state index contributed by atoms with van der Waals surface area (Å²) in [7, 11) is 1.62. The van der Waals surface area contributed by atoms with Gasteiger partial charge in [-0.2, -0.15) is 0 Å². The lowest BCUT2D eigenvalue weighted by Crippen LogP contribution is -2.30. The van der Waals surface area contributed by atoms with E-state index in [0.717, 1.165) is 21.9 Å². The molecular formula is C23H23FN4O3S. The van der Waals surface area contributed by atoms with E-state index in [0.29, 0.717) is 31.1 Å². The second-order valence-corrected chi connectivity index (χ2v) is 8.66. The lowest BCUT2D eigenvalue weighted by molar-refractivity contribution is -0.128. The van der Waals surface area contributed by atoms with Gasteiger partial charge in [-0.1, -0.05) is 41.7 Å². The highest BCUT2D eigenvalue weighted by Crippen LogP contribution is 2.25. The van der Waals surface area contributed by atoms with Crippen LogP contribution in [0.4, 0.5) is 9.52 Å². The Morgan fingerprint density at radius 3 is 2.78 bits per heavy atom. The maximum atomic E-state index is 13.0. The smallest absolute Gasteiger partial charge is 0.231 e. The van der Waals surface area contributed by atoms with E-state index < -0.39 is 5.92 Å². The first-order valence-electron chi connectivity index (χ1n) is 10.3. The van der Waals surface area contributed by atoms with E-state index in [1.165, 1.54) is 23.5 Å². The summed E-state index contributed by atoms with van der Waals surface area (Å²) in [6.07, 6.45) is 1.34. The third-order valence-electron chi connectivity index (χ3n) is 5.40. The Morgan fingerprint density at radius 2 is 2.00 bits per heavy atom. The number of halogens is 1. The predicted octanol–water partition coefficient (Wildman–Crippen LogP) is 3.31. The van der Waals surface area contributed by atoms with Crippen LogP contribution in [-0.2, 0) is 22.4 Å². The Bertz CT molecular complexity index is 1100. The van der Waals surface area contributed by atoms with Gasteiger partial charge in [0.2, 0.25) is 16.9 Å².